The lowest BCUT2D eigenvalue weighted by Gasteiger charge is -2.27. The lowest BCUT2D eigenvalue weighted by atomic mass is 9.87. The molecule has 6 heteroatoms. The standard InChI is InChI=1S/C13H23F2N3.HI/c14-13(15)7-3-4-10(8-13)9-17-12(16)18-11-5-1-2-6-11;/h10-11H,1-9H2,(H3,16,17,18);1H. The molecule has 0 aromatic rings. The van der Waals surface area contributed by atoms with Gasteiger partial charge in [0.15, 0.2) is 5.96 Å². The Morgan fingerprint density at radius 3 is 2.53 bits per heavy atom. The van der Waals surface area contributed by atoms with Gasteiger partial charge >= 0.3 is 0 Å². The predicted octanol–water partition coefficient (Wildman–Crippen LogP) is 3.28. The molecule has 3 N–H and O–H groups in total. The van der Waals surface area contributed by atoms with Crippen LogP contribution in [0, 0.1) is 5.92 Å². The van der Waals surface area contributed by atoms with Crippen molar-refractivity contribution in [1.29, 1.82) is 0 Å². The van der Waals surface area contributed by atoms with E-state index in [-0.39, 0.29) is 42.7 Å². The fourth-order valence-corrected chi connectivity index (χ4v) is 2.98. The van der Waals surface area contributed by atoms with Gasteiger partial charge in [0.25, 0.3) is 0 Å². The van der Waals surface area contributed by atoms with Gasteiger partial charge in [0.1, 0.15) is 0 Å². The molecule has 0 aliphatic heterocycles. The van der Waals surface area contributed by atoms with Gasteiger partial charge in [-0.25, -0.2) is 8.78 Å². The Balaban J connectivity index is 0.00000180. The van der Waals surface area contributed by atoms with Gasteiger partial charge in [-0.2, -0.15) is 0 Å². The van der Waals surface area contributed by atoms with Crippen molar-refractivity contribution in [2.45, 2.75) is 63.3 Å². The number of nitrogens with zero attached hydrogens (tertiary/aromatic N) is 1. The molecule has 0 saturated heterocycles. The topological polar surface area (TPSA) is 50.4 Å². The molecule has 0 radical (unpaired) electrons. The van der Waals surface area contributed by atoms with Crippen molar-refractivity contribution >= 4 is 29.9 Å². The maximum atomic E-state index is 13.2. The van der Waals surface area contributed by atoms with Crippen LogP contribution >= 0.6 is 24.0 Å². The number of nitrogens with one attached hydrogen (secondary N) is 1. The molecule has 2 fully saturated rings. The minimum atomic E-state index is -2.49. The molecule has 3 nitrogen and oxygen atoms in total. The largest absolute Gasteiger partial charge is 0.370 e. The Kier molecular flexibility index (Phi) is 6.76. The molecule has 2 aliphatic rings. The second-order valence-electron chi connectivity index (χ2n) is 5.67. The minimum Gasteiger partial charge on any atom is -0.370 e. The number of rotatable bonds is 3. The zero-order chi connectivity index (χ0) is 13.0. The SMILES string of the molecule is I.NC(=NCC1CCCC(F)(F)C1)NC1CCCC1. The summed E-state index contributed by atoms with van der Waals surface area (Å²) in [5.41, 5.74) is 5.79. The van der Waals surface area contributed by atoms with E-state index >= 15 is 0 Å². The first-order chi connectivity index (χ1) is 8.55. The molecule has 0 aromatic heterocycles. The highest BCUT2D eigenvalue weighted by atomic mass is 127. The van der Waals surface area contributed by atoms with Crippen LogP contribution < -0.4 is 11.1 Å². The number of hydrogen-bond donors (Lipinski definition) is 2. The van der Waals surface area contributed by atoms with Crippen molar-refractivity contribution in [3.05, 3.63) is 0 Å². The quantitative estimate of drug-likeness (QED) is 0.444. The van der Waals surface area contributed by atoms with Crippen LogP contribution in [0.3, 0.4) is 0 Å². The van der Waals surface area contributed by atoms with Gasteiger partial charge in [-0.1, -0.05) is 12.8 Å². The van der Waals surface area contributed by atoms with Crippen molar-refractivity contribution in [2.24, 2.45) is 16.6 Å². The van der Waals surface area contributed by atoms with Gasteiger partial charge in [0.2, 0.25) is 5.92 Å². The van der Waals surface area contributed by atoms with Gasteiger partial charge < -0.3 is 11.1 Å². The highest BCUT2D eigenvalue weighted by Crippen LogP contribution is 2.36. The Bertz CT molecular complexity index is 304. The third-order valence-corrected chi connectivity index (χ3v) is 3.97. The molecule has 112 valence electrons. The van der Waals surface area contributed by atoms with Crippen molar-refractivity contribution in [1.82, 2.24) is 5.32 Å². The highest BCUT2D eigenvalue weighted by Gasteiger charge is 2.35. The lowest BCUT2D eigenvalue weighted by molar-refractivity contribution is -0.0508. The Hall–Kier alpha value is -0.140. The first-order valence-electron chi connectivity index (χ1n) is 6.99. The van der Waals surface area contributed by atoms with Gasteiger partial charge in [-0.05, 0) is 31.6 Å². The van der Waals surface area contributed by atoms with Crippen LogP contribution in [0.5, 0.6) is 0 Å². The zero-order valence-electron chi connectivity index (χ0n) is 11.2. The predicted molar refractivity (Wildman–Crippen MR) is 84.2 cm³/mol. The van der Waals surface area contributed by atoms with E-state index in [9.17, 15) is 8.78 Å². The first-order valence-corrected chi connectivity index (χ1v) is 6.99. The molecule has 19 heavy (non-hydrogen) atoms. The van der Waals surface area contributed by atoms with Gasteiger partial charge in [-0.15, -0.1) is 24.0 Å². The van der Waals surface area contributed by atoms with Gasteiger partial charge in [0, 0.05) is 25.4 Å². The number of guanidine groups is 1. The van der Waals surface area contributed by atoms with Gasteiger partial charge in [0.05, 0.1) is 0 Å². The molecular formula is C13H24F2IN3. The van der Waals surface area contributed by atoms with Crippen LogP contribution in [-0.4, -0.2) is 24.5 Å². The van der Waals surface area contributed by atoms with E-state index < -0.39 is 5.92 Å². The maximum Gasteiger partial charge on any atom is 0.248 e. The molecule has 2 saturated carbocycles. The number of halogens is 3. The van der Waals surface area contributed by atoms with Crippen LogP contribution in [0.25, 0.3) is 0 Å². The molecule has 2 rings (SSSR count). The van der Waals surface area contributed by atoms with Crippen molar-refractivity contribution in [3.8, 4) is 0 Å². The van der Waals surface area contributed by atoms with E-state index in [1.807, 2.05) is 0 Å². The average molecular weight is 387 g/mol. The van der Waals surface area contributed by atoms with Crippen molar-refractivity contribution in [3.63, 3.8) is 0 Å². The summed E-state index contributed by atoms with van der Waals surface area (Å²) in [5, 5.41) is 3.18. The van der Waals surface area contributed by atoms with E-state index in [1.54, 1.807) is 0 Å². The summed E-state index contributed by atoms with van der Waals surface area (Å²) in [6.45, 7) is 0.432. The second kappa shape index (κ2) is 7.59. The molecule has 2 aliphatic carbocycles. The maximum absolute atomic E-state index is 13.2. The summed E-state index contributed by atoms with van der Waals surface area (Å²) in [4.78, 5) is 4.23. The Labute approximate surface area is 130 Å². The molecule has 1 unspecified atom stereocenters. The van der Waals surface area contributed by atoms with Crippen LogP contribution in [-0.2, 0) is 0 Å². The monoisotopic (exact) mass is 387 g/mol. The van der Waals surface area contributed by atoms with E-state index in [0.29, 0.717) is 25.0 Å². The first kappa shape index (κ1) is 16.9. The molecule has 0 heterocycles. The van der Waals surface area contributed by atoms with E-state index in [0.717, 1.165) is 19.3 Å². The zero-order valence-corrected chi connectivity index (χ0v) is 13.5. The van der Waals surface area contributed by atoms with E-state index in [2.05, 4.69) is 10.3 Å². The molecule has 0 amide bonds. The highest BCUT2D eigenvalue weighted by molar-refractivity contribution is 14.0. The number of aliphatic imine (C=N–C) groups is 1. The number of nitrogens with two attached hydrogens (primary N) is 1. The normalized spacial score (nSPS) is 27.9. The van der Waals surface area contributed by atoms with Crippen LogP contribution in [0.1, 0.15) is 51.4 Å². The van der Waals surface area contributed by atoms with E-state index in [4.69, 9.17) is 5.73 Å². The average Bonchev–Trinajstić information content (AvgIpc) is 2.78. The van der Waals surface area contributed by atoms with Crippen molar-refractivity contribution in [2.75, 3.05) is 6.54 Å². The van der Waals surface area contributed by atoms with Crippen LogP contribution in [0.2, 0.25) is 0 Å². The Morgan fingerprint density at radius 2 is 1.89 bits per heavy atom. The fraction of sp³-hybridized carbons (Fsp3) is 0.923. The van der Waals surface area contributed by atoms with Crippen LogP contribution in [0.4, 0.5) is 8.78 Å². The summed E-state index contributed by atoms with van der Waals surface area (Å²) < 4.78 is 26.4. The van der Waals surface area contributed by atoms with Crippen LogP contribution in [0.15, 0.2) is 4.99 Å². The summed E-state index contributed by atoms with van der Waals surface area (Å²) >= 11 is 0. The third-order valence-electron chi connectivity index (χ3n) is 3.97. The number of alkyl halides is 2. The molecule has 0 aromatic carbocycles. The molecule has 0 spiro atoms. The minimum absolute atomic E-state index is 0. The van der Waals surface area contributed by atoms with E-state index in [1.165, 1.54) is 12.8 Å². The second-order valence-corrected chi connectivity index (χ2v) is 5.67. The molecule has 0 bridgehead atoms. The third kappa shape index (κ3) is 5.79. The summed E-state index contributed by atoms with van der Waals surface area (Å²) in [7, 11) is 0. The molecular weight excluding hydrogens is 363 g/mol. The van der Waals surface area contributed by atoms with Gasteiger partial charge in [-0.3, -0.25) is 4.99 Å². The van der Waals surface area contributed by atoms with Crippen molar-refractivity contribution < 1.29 is 8.78 Å². The lowest BCUT2D eigenvalue weighted by Crippen LogP contribution is -2.39. The molecule has 1 atom stereocenters. The summed E-state index contributed by atoms with van der Waals surface area (Å²) in [6.07, 6.45) is 6.18. The number of hydrogen-bond acceptors (Lipinski definition) is 1. The summed E-state index contributed by atoms with van der Waals surface area (Å²) in [6, 6.07) is 0.432. The Morgan fingerprint density at radius 1 is 1.21 bits per heavy atom. The summed E-state index contributed by atoms with van der Waals surface area (Å²) in [5.74, 6) is -2.08. The smallest absolute Gasteiger partial charge is 0.248 e. The fourth-order valence-electron chi connectivity index (χ4n) is 2.98.